The lowest BCUT2D eigenvalue weighted by Gasteiger charge is -2.20. The lowest BCUT2D eigenvalue weighted by Crippen LogP contribution is -2.26. The SMILES string of the molecule is Cc1ccc(S(=O)(=O)N(C)c2ccc(CC(=O)Nc3ccc(CC#N)cc3)cc2)cc1. The van der Waals surface area contributed by atoms with Gasteiger partial charge >= 0.3 is 0 Å². The van der Waals surface area contributed by atoms with Crippen molar-refractivity contribution in [3.05, 3.63) is 89.5 Å². The fourth-order valence-corrected chi connectivity index (χ4v) is 4.21. The average molecular weight is 434 g/mol. The molecule has 31 heavy (non-hydrogen) atoms. The zero-order valence-corrected chi connectivity index (χ0v) is 18.2. The Bertz CT molecular complexity index is 1190. The van der Waals surface area contributed by atoms with Crippen LogP contribution in [0.15, 0.2) is 77.7 Å². The molecule has 0 aromatic heterocycles. The second-order valence-corrected chi connectivity index (χ2v) is 9.18. The van der Waals surface area contributed by atoms with Crippen molar-refractivity contribution in [3.63, 3.8) is 0 Å². The van der Waals surface area contributed by atoms with Crippen LogP contribution in [-0.4, -0.2) is 21.4 Å². The fraction of sp³-hybridized carbons (Fsp3) is 0.167. The van der Waals surface area contributed by atoms with Crippen LogP contribution in [0.1, 0.15) is 16.7 Å². The number of nitrogens with zero attached hydrogens (tertiary/aromatic N) is 2. The maximum atomic E-state index is 12.8. The second kappa shape index (κ2) is 9.45. The summed E-state index contributed by atoms with van der Waals surface area (Å²) >= 11 is 0. The Balaban J connectivity index is 1.64. The first-order valence-corrected chi connectivity index (χ1v) is 11.1. The van der Waals surface area contributed by atoms with E-state index < -0.39 is 10.0 Å². The lowest BCUT2D eigenvalue weighted by molar-refractivity contribution is -0.115. The summed E-state index contributed by atoms with van der Waals surface area (Å²) in [6.07, 6.45) is 0.489. The molecule has 1 N–H and O–H groups in total. The minimum absolute atomic E-state index is 0.161. The van der Waals surface area contributed by atoms with E-state index in [0.29, 0.717) is 17.8 Å². The van der Waals surface area contributed by atoms with Crippen LogP contribution in [0, 0.1) is 18.3 Å². The van der Waals surface area contributed by atoms with Crippen molar-refractivity contribution in [2.45, 2.75) is 24.7 Å². The van der Waals surface area contributed by atoms with E-state index in [1.54, 1.807) is 72.8 Å². The summed E-state index contributed by atoms with van der Waals surface area (Å²) in [5, 5.41) is 11.5. The number of rotatable bonds is 7. The van der Waals surface area contributed by atoms with Crippen molar-refractivity contribution in [2.24, 2.45) is 0 Å². The molecule has 0 bridgehead atoms. The highest BCUT2D eigenvalue weighted by Crippen LogP contribution is 2.23. The highest BCUT2D eigenvalue weighted by atomic mass is 32.2. The van der Waals surface area contributed by atoms with Gasteiger partial charge in [-0.1, -0.05) is 42.0 Å². The number of hydrogen-bond acceptors (Lipinski definition) is 4. The lowest BCUT2D eigenvalue weighted by atomic mass is 10.1. The van der Waals surface area contributed by atoms with Crippen LogP contribution in [0.5, 0.6) is 0 Å². The first-order chi connectivity index (χ1) is 14.8. The quantitative estimate of drug-likeness (QED) is 0.608. The van der Waals surface area contributed by atoms with Crippen molar-refractivity contribution in [1.29, 1.82) is 5.26 Å². The predicted octanol–water partition coefficient (Wildman–Crippen LogP) is 4.07. The number of carbonyl (C=O) groups excluding carboxylic acids is 1. The summed E-state index contributed by atoms with van der Waals surface area (Å²) in [5.41, 5.74) is 3.82. The molecule has 0 spiro atoms. The molecule has 0 fully saturated rings. The standard InChI is InChI=1S/C24H23N3O3S/c1-18-3-13-23(14-4-18)31(29,30)27(2)22-11-7-20(8-12-22)17-24(28)26-21-9-5-19(6-10-21)15-16-25/h3-14H,15,17H2,1-2H3,(H,26,28). The van der Waals surface area contributed by atoms with Crippen LogP contribution < -0.4 is 9.62 Å². The van der Waals surface area contributed by atoms with Crippen molar-refractivity contribution in [2.75, 3.05) is 16.7 Å². The highest BCUT2D eigenvalue weighted by molar-refractivity contribution is 7.92. The van der Waals surface area contributed by atoms with E-state index in [4.69, 9.17) is 5.26 Å². The maximum absolute atomic E-state index is 12.8. The Morgan fingerprint density at radius 3 is 2.10 bits per heavy atom. The molecule has 0 radical (unpaired) electrons. The smallest absolute Gasteiger partial charge is 0.264 e. The molecule has 3 rings (SSSR count). The number of benzene rings is 3. The molecule has 6 nitrogen and oxygen atoms in total. The Kier molecular flexibility index (Phi) is 6.73. The predicted molar refractivity (Wildman–Crippen MR) is 121 cm³/mol. The number of anilines is 2. The highest BCUT2D eigenvalue weighted by Gasteiger charge is 2.21. The van der Waals surface area contributed by atoms with E-state index in [2.05, 4.69) is 11.4 Å². The molecule has 158 valence electrons. The monoisotopic (exact) mass is 433 g/mol. The van der Waals surface area contributed by atoms with E-state index in [1.807, 2.05) is 6.92 Å². The van der Waals surface area contributed by atoms with Gasteiger partial charge < -0.3 is 5.32 Å². The molecule has 0 saturated heterocycles. The third-order valence-corrected chi connectivity index (χ3v) is 6.66. The number of sulfonamides is 1. The van der Waals surface area contributed by atoms with Crippen molar-refractivity contribution >= 4 is 27.3 Å². The van der Waals surface area contributed by atoms with Gasteiger partial charge in [0.2, 0.25) is 5.91 Å². The molecular formula is C24H23N3O3S. The topological polar surface area (TPSA) is 90.3 Å². The maximum Gasteiger partial charge on any atom is 0.264 e. The number of nitriles is 1. The Hall–Kier alpha value is -3.63. The number of aryl methyl sites for hydroxylation is 1. The third-order valence-electron chi connectivity index (χ3n) is 4.86. The van der Waals surface area contributed by atoms with Gasteiger partial charge in [0, 0.05) is 12.7 Å². The average Bonchev–Trinajstić information content (AvgIpc) is 2.75. The minimum atomic E-state index is -3.66. The van der Waals surface area contributed by atoms with E-state index >= 15 is 0 Å². The summed E-state index contributed by atoms with van der Waals surface area (Å²) in [7, 11) is -2.15. The van der Waals surface area contributed by atoms with Gasteiger partial charge in [-0.05, 0) is 54.4 Å². The Morgan fingerprint density at radius 1 is 0.935 bits per heavy atom. The normalized spacial score (nSPS) is 10.9. The Labute approximate surface area is 182 Å². The number of amides is 1. The zero-order chi connectivity index (χ0) is 22.4. The van der Waals surface area contributed by atoms with Crippen molar-refractivity contribution < 1.29 is 13.2 Å². The molecule has 0 unspecified atom stereocenters. The summed E-state index contributed by atoms with van der Waals surface area (Å²) in [6, 6.07) is 22.8. The van der Waals surface area contributed by atoms with Crippen LogP contribution in [0.4, 0.5) is 11.4 Å². The van der Waals surface area contributed by atoms with Crippen molar-refractivity contribution in [1.82, 2.24) is 0 Å². The van der Waals surface area contributed by atoms with Gasteiger partial charge in [0.25, 0.3) is 10.0 Å². The Morgan fingerprint density at radius 2 is 1.52 bits per heavy atom. The van der Waals surface area contributed by atoms with E-state index in [0.717, 1.165) is 16.7 Å². The molecule has 3 aromatic carbocycles. The van der Waals surface area contributed by atoms with Gasteiger partial charge in [-0.25, -0.2) is 8.42 Å². The molecule has 0 saturated carbocycles. The van der Waals surface area contributed by atoms with Gasteiger partial charge in [0.15, 0.2) is 0 Å². The van der Waals surface area contributed by atoms with E-state index in [-0.39, 0.29) is 17.2 Å². The summed E-state index contributed by atoms with van der Waals surface area (Å²) in [4.78, 5) is 12.5. The molecule has 0 heterocycles. The van der Waals surface area contributed by atoms with E-state index in [1.165, 1.54) is 11.4 Å². The largest absolute Gasteiger partial charge is 0.326 e. The van der Waals surface area contributed by atoms with Gasteiger partial charge in [0.05, 0.1) is 29.5 Å². The van der Waals surface area contributed by atoms with Crippen LogP contribution in [0.25, 0.3) is 0 Å². The number of hydrogen-bond donors (Lipinski definition) is 1. The van der Waals surface area contributed by atoms with Crippen LogP contribution in [0.2, 0.25) is 0 Å². The molecule has 0 aliphatic heterocycles. The van der Waals surface area contributed by atoms with Gasteiger partial charge in [-0.2, -0.15) is 5.26 Å². The van der Waals surface area contributed by atoms with Crippen LogP contribution in [-0.2, 0) is 27.7 Å². The third kappa shape index (κ3) is 5.50. The summed E-state index contributed by atoms with van der Waals surface area (Å²) in [5.74, 6) is -0.179. The van der Waals surface area contributed by atoms with Crippen LogP contribution in [0.3, 0.4) is 0 Å². The van der Waals surface area contributed by atoms with Crippen LogP contribution >= 0.6 is 0 Å². The number of carbonyl (C=O) groups is 1. The first-order valence-electron chi connectivity index (χ1n) is 9.70. The zero-order valence-electron chi connectivity index (χ0n) is 17.4. The first kappa shape index (κ1) is 22.1. The molecule has 0 aliphatic rings. The van der Waals surface area contributed by atoms with Gasteiger partial charge in [0.1, 0.15) is 0 Å². The van der Waals surface area contributed by atoms with Gasteiger partial charge in [-0.15, -0.1) is 0 Å². The minimum Gasteiger partial charge on any atom is -0.326 e. The van der Waals surface area contributed by atoms with E-state index in [9.17, 15) is 13.2 Å². The molecular weight excluding hydrogens is 410 g/mol. The molecule has 7 heteroatoms. The number of nitrogens with one attached hydrogen (secondary N) is 1. The second-order valence-electron chi connectivity index (χ2n) is 7.21. The molecule has 3 aromatic rings. The molecule has 1 amide bonds. The van der Waals surface area contributed by atoms with Crippen molar-refractivity contribution in [3.8, 4) is 6.07 Å². The summed E-state index contributed by atoms with van der Waals surface area (Å²) in [6.45, 7) is 1.90. The van der Waals surface area contributed by atoms with Gasteiger partial charge in [-0.3, -0.25) is 9.10 Å². The fourth-order valence-electron chi connectivity index (χ4n) is 3.02. The molecule has 0 aliphatic carbocycles. The molecule has 0 atom stereocenters. The summed E-state index contributed by atoms with van der Waals surface area (Å²) < 4.78 is 26.9.